The van der Waals surface area contributed by atoms with Gasteiger partial charge in [0.15, 0.2) is 0 Å². The van der Waals surface area contributed by atoms with Crippen molar-refractivity contribution in [3.63, 3.8) is 0 Å². The van der Waals surface area contributed by atoms with E-state index in [1.54, 1.807) is 6.07 Å². The van der Waals surface area contributed by atoms with E-state index >= 15 is 0 Å². The molecule has 0 N–H and O–H groups in total. The number of hydrogen-bond acceptors (Lipinski definition) is 2. The van der Waals surface area contributed by atoms with Gasteiger partial charge in [-0.05, 0) is 12.1 Å². The lowest BCUT2D eigenvalue weighted by Gasteiger charge is -2.13. The zero-order valence-corrected chi connectivity index (χ0v) is 7.50. The molecule has 0 spiro atoms. The minimum absolute atomic E-state index is 0.208. The van der Waals surface area contributed by atoms with Gasteiger partial charge >= 0.3 is 0 Å². The molecule has 0 saturated carbocycles. The molecule has 0 fully saturated rings. The number of likely N-dealkylation sites (N-methyl/N-ethyl adjacent to an activating group) is 1. The number of rotatable bonds is 1. The van der Waals surface area contributed by atoms with E-state index < -0.39 is 0 Å². The van der Waals surface area contributed by atoms with Crippen molar-refractivity contribution in [2.75, 3.05) is 20.1 Å². The third-order valence-electron chi connectivity index (χ3n) is 2.14. The average molecular weight is 178 g/mol. The number of nitrogens with zero attached hydrogens (tertiary/aromatic N) is 2. The monoisotopic (exact) mass is 178 g/mol. The molecular weight excluding hydrogens is 167 g/mol. The lowest BCUT2D eigenvalue weighted by atomic mass is 10.2. The van der Waals surface area contributed by atoms with Crippen LogP contribution in [-0.2, 0) is 0 Å². The topological polar surface area (TPSA) is 15.6 Å². The highest BCUT2D eigenvalue weighted by atomic mass is 19.1. The maximum Gasteiger partial charge on any atom is 0.130 e. The molecule has 0 saturated heterocycles. The first-order valence-corrected chi connectivity index (χ1v) is 4.29. The third kappa shape index (κ3) is 1.54. The lowest BCUT2D eigenvalue weighted by molar-refractivity contribution is 0.556. The van der Waals surface area contributed by atoms with Crippen molar-refractivity contribution in [3.8, 4) is 0 Å². The Morgan fingerprint density at radius 3 is 2.92 bits per heavy atom. The Morgan fingerprint density at radius 2 is 2.31 bits per heavy atom. The number of hydrogen-bond donors (Lipinski definition) is 0. The largest absolute Gasteiger partial charge is 0.358 e. The summed E-state index contributed by atoms with van der Waals surface area (Å²) >= 11 is 0. The Balaban J connectivity index is 2.35. The summed E-state index contributed by atoms with van der Waals surface area (Å²) in [6, 6.07) is 6.54. The smallest absolute Gasteiger partial charge is 0.130 e. The van der Waals surface area contributed by atoms with Crippen molar-refractivity contribution in [2.24, 2.45) is 4.99 Å². The highest BCUT2D eigenvalue weighted by molar-refractivity contribution is 5.99. The molecule has 0 unspecified atom stereocenters. The Morgan fingerprint density at radius 1 is 1.46 bits per heavy atom. The van der Waals surface area contributed by atoms with Gasteiger partial charge in [-0.3, -0.25) is 4.99 Å². The van der Waals surface area contributed by atoms with Crippen molar-refractivity contribution in [3.05, 3.63) is 35.6 Å². The fraction of sp³-hybridized carbons (Fsp3) is 0.300. The maximum absolute atomic E-state index is 12.9. The number of amidine groups is 1. The van der Waals surface area contributed by atoms with Crippen LogP contribution in [-0.4, -0.2) is 30.9 Å². The highest BCUT2D eigenvalue weighted by Crippen LogP contribution is 2.10. The zero-order chi connectivity index (χ0) is 9.26. The van der Waals surface area contributed by atoms with Gasteiger partial charge in [-0.2, -0.15) is 0 Å². The van der Waals surface area contributed by atoms with Crippen molar-refractivity contribution in [1.29, 1.82) is 0 Å². The second kappa shape index (κ2) is 3.17. The summed E-state index contributed by atoms with van der Waals surface area (Å²) in [4.78, 5) is 6.34. The highest BCUT2D eigenvalue weighted by Gasteiger charge is 2.14. The Labute approximate surface area is 76.7 Å². The van der Waals surface area contributed by atoms with Gasteiger partial charge in [-0.15, -0.1) is 0 Å². The van der Waals surface area contributed by atoms with E-state index in [2.05, 4.69) is 4.99 Å². The molecule has 0 radical (unpaired) electrons. The first-order valence-electron chi connectivity index (χ1n) is 4.29. The van der Waals surface area contributed by atoms with Crippen molar-refractivity contribution in [1.82, 2.24) is 4.90 Å². The van der Waals surface area contributed by atoms with E-state index in [1.807, 2.05) is 18.0 Å². The van der Waals surface area contributed by atoms with E-state index in [4.69, 9.17) is 0 Å². The summed E-state index contributed by atoms with van der Waals surface area (Å²) in [5.74, 6) is 0.681. The van der Waals surface area contributed by atoms with E-state index in [9.17, 15) is 4.39 Å². The molecule has 3 heteroatoms. The third-order valence-corrected chi connectivity index (χ3v) is 2.14. The summed E-state index contributed by atoms with van der Waals surface area (Å²) in [6.45, 7) is 1.73. The van der Waals surface area contributed by atoms with Gasteiger partial charge in [0.2, 0.25) is 0 Å². The summed E-state index contributed by atoms with van der Waals surface area (Å²) in [7, 11) is 1.97. The van der Waals surface area contributed by atoms with Crippen LogP contribution >= 0.6 is 0 Å². The zero-order valence-electron chi connectivity index (χ0n) is 7.50. The first kappa shape index (κ1) is 8.23. The van der Waals surface area contributed by atoms with E-state index in [1.165, 1.54) is 12.1 Å². The van der Waals surface area contributed by atoms with Crippen LogP contribution < -0.4 is 0 Å². The van der Waals surface area contributed by atoms with E-state index in [-0.39, 0.29) is 5.82 Å². The molecule has 0 bridgehead atoms. The van der Waals surface area contributed by atoms with Crippen LogP contribution in [0.3, 0.4) is 0 Å². The molecule has 68 valence electrons. The van der Waals surface area contributed by atoms with Crippen LogP contribution in [0.2, 0.25) is 0 Å². The van der Waals surface area contributed by atoms with Crippen LogP contribution in [0.15, 0.2) is 29.3 Å². The second-order valence-corrected chi connectivity index (χ2v) is 3.14. The summed E-state index contributed by atoms with van der Waals surface area (Å²) in [5.41, 5.74) is 0.861. The summed E-state index contributed by atoms with van der Waals surface area (Å²) in [6.07, 6.45) is 0. The molecule has 0 amide bonds. The molecule has 1 aliphatic heterocycles. The van der Waals surface area contributed by atoms with Gasteiger partial charge < -0.3 is 4.90 Å². The van der Waals surface area contributed by atoms with Crippen LogP contribution in [0, 0.1) is 5.82 Å². The van der Waals surface area contributed by atoms with Crippen molar-refractivity contribution < 1.29 is 4.39 Å². The van der Waals surface area contributed by atoms with Crippen LogP contribution in [0.4, 0.5) is 4.39 Å². The molecule has 0 aromatic heterocycles. The van der Waals surface area contributed by atoms with Crippen molar-refractivity contribution in [2.45, 2.75) is 0 Å². The van der Waals surface area contributed by atoms with Crippen LogP contribution in [0.25, 0.3) is 0 Å². The van der Waals surface area contributed by atoms with Crippen LogP contribution in [0.1, 0.15) is 5.56 Å². The molecule has 13 heavy (non-hydrogen) atoms. The van der Waals surface area contributed by atoms with Crippen LogP contribution in [0.5, 0.6) is 0 Å². The SMILES string of the molecule is CN1CCN=C1c1cccc(F)c1. The molecule has 2 rings (SSSR count). The normalized spacial score (nSPS) is 16.2. The number of benzene rings is 1. The Hall–Kier alpha value is -1.38. The number of halogens is 1. The standard InChI is InChI=1S/C10H11FN2/c1-13-6-5-12-10(13)8-3-2-4-9(11)7-8/h2-4,7H,5-6H2,1H3. The van der Waals surface area contributed by atoms with Gasteiger partial charge in [0.25, 0.3) is 0 Å². The molecule has 1 aliphatic rings. The van der Waals surface area contributed by atoms with E-state index in [0.717, 1.165) is 24.5 Å². The van der Waals surface area contributed by atoms with Gasteiger partial charge in [0.05, 0.1) is 6.54 Å². The predicted molar refractivity (Wildman–Crippen MR) is 50.4 cm³/mol. The molecule has 0 atom stereocenters. The Bertz CT molecular complexity index is 347. The minimum Gasteiger partial charge on any atom is -0.358 e. The molecule has 1 heterocycles. The molecular formula is C10H11FN2. The minimum atomic E-state index is -0.208. The average Bonchev–Trinajstić information content (AvgIpc) is 2.51. The van der Waals surface area contributed by atoms with E-state index in [0.29, 0.717) is 0 Å². The molecule has 1 aromatic rings. The summed E-state index contributed by atoms with van der Waals surface area (Å²) in [5, 5.41) is 0. The fourth-order valence-electron chi connectivity index (χ4n) is 1.47. The fourth-order valence-corrected chi connectivity index (χ4v) is 1.47. The first-order chi connectivity index (χ1) is 6.27. The molecule has 0 aliphatic carbocycles. The second-order valence-electron chi connectivity index (χ2n) is 3.14. The van der Waals surface area contributed by atoms with Gasteiger partial charge in [-0.25, -0.2) is 4.39 Å². The van der Waals surface area contributed by atoms with Crippen molar-refractivity contribution >= 4 is 5.84 Å². The van der Waals surface area contributed by atoms with Gasteiger partial charge in [0, 0.05) is 19.2 Å². The maximum atomic E-state index is 12.9. The Kier molecular flexibility index (Phi) is 2.00. The van der Waals surface area contributed by atoms with Gasteiger partial charge in [-0.1, -0.05) is 12.1 Å². The molecule has 1 aromatic carbocycles. The lowest BCUT2D eigenvalue weighted by Crippen LogP contribution is -2.23. The quantitative estimate of drug-likeness (QED) is 0.636. The van der Waals surface area contributed by atoms with Gasteiger partial charge in [0.1, 0.15) is 11.7 Å². The molecule has 2 nitrogen and oxygen atoms in total. The summed E-state index contributed by atoms with van der Waals surface area (Å²) < 4.78 is 12.9. The number of aliphatic imine (C=N–C) groups is 1. The predicted octanol–water partition coefficient (Wildman–Crippen LogP) is 1.52.